The van der Waals surface area contributed by atoms with Gasteiger partial charge in [-0.2, -0.15) is 0 Å². The highest BCUT2D eigenvalue weighted by molar-refractivity contribution is 5.85. The zero-order chi connectivity index (χ0) is 16.4. The van der Waals surface area contributed by atoms with E-state index in [1.54, 1.807) is 0 Å². The van der Waals surface area contributed by atoms with Gasteiger partial charge < -0.3 is 16.4 Å². The average Bonchev–Trinajstić information content (AvgIpc) is 2.55. The maximum absolute atomic E-state index is 12.2. The van der Waals surface area contributed by atoms with E-state index in [4.69, 9.17) is 5.73 Å². The van der Waals surface area contributed by atoms with E-state index in [9.17, 15) is 9.59 Å². The molecule has 6 heteroatoms. The van der Waals surface area contributed by atoms with E-state index >= 15 is 0 Å². The molecule has 0 heterocycles. The standard InChI is InChI=1S/C17H33N3O2.ClH/c1-3-17(4-2,13-18)16(22)20-11-10-19-15(21)12-14-8-6-5-7-9-14;/h14H,3-13,18H2,1-2H3,(H,19,21)(H,20,22);1H. The normalized spacial score (nSPS) is 15.6. The molecule has 1 aliphatic carbocycles. The van der Waals surface area contributed by atoms with Crippen molar-refractivity contribution in [1.82, 2.24) is 10.6 Å². The number of nitrogens with two attached hydrogens (primary N) is 1. The first-order valence-corrected chi connectivity index (χ1v) is 8.83. The lowest BCUT2D eigenvalue weighted by atomic mass is 9.81. The molecule has 0 saturated heterocycles. The van der Waals surface area contributed by atoms with Gasteiger partial charge in [-0.3, -0.25) is 9.59 Å². The third-order valence-corrected chi connectivity index (χ3v) is 5.16. The van der Waals surface area contributed by atoms with Crippen LogP contribution in [0.3, 0.4) is 0 Å². The highest BCUT2D eigenvalue weighted by atomic mass is 35.5. The maximum atomic E-state index is 12.2. The number of hydrogen-bond donors (Lipinski definition) is 3. The molecule has 1 rings (SSSR count). The summed E-state index contributed by atoms with van der Waals surface area (Å²) in [5, 5.41) is 5.81. The van der Waals surface area contributed by atoms with E-state index in [2.05, 4.69) is 10.6 Å². The Kier molecular flexibility index (Phi) is 11.3. The molecule has 0 aromatic rings. The van der Waals surface area contributed by atoms with Crippen LogP contribution >= 0.6 is 12.4 Å². The second-order valence-corrected chi connectivity index (χ2v) is 6.51. The van der Waals surface area contributed by atoms with Crippen LogP contribution in [0.4, 0.5) is 0 Å². The summed E-state index contributed by atoms with van der Waals surface area (Å²) in [4.78, 5) is 24.1. The molecule has 1 fully saturated rings. The lowest BCUT2D eigenvalue weighted by molar-refractivity contribution is -0.131. The largest absolute Gasteiger partial charge is 0.354 e. The van der Waals surface area contributed by atoms with Gasteiger partial charge in [-0.15, -0.1) is 12.4 Å². The van der Waals surface area contributed by atoms with Crippen LogP contribution in [0.2, 0.25) is 0 Å². The third kappa shape index (κ3) is 7.08. The van der Waals surface area contributed by atoms with E-state index in [1.807, 2.05) is 13.8 Å². The minimum atomic E-state index is -0.466. The van der Waals surface area contributed by atoms with Crippen LogP contribution in [0.15, 0.2) is 0 Å². The van der Waals surface area contributed by atoms with E-state index in [0.717, 1.165) is 12.8 Å². The van der Waals surface area contributed by atoms with Crippen LogP contribution in [-0.4, -0.2) is 31.4 Å². The van der Waals surface area contributed by atoms with Crippen molar-refractivity contribution in [2.75, 3.05) is 19.6 Å². The van der Waals surface area contributed by atoms with Crippen molar-refractivity contribution >= 4 is 24.2 Å². The minimum absolute atomic E-state index is 0. The first-order valence-electron chi connectivity index (χ1n) is 8.83. The van der Waals surface area contributed by atoms with Gasteiger partial charge in [-0.05, 0) is 31.6 Å². The van der Waals surface area contributed by atoms with E-state index in [0.29, 0.717) is 32.0 Å². The highest BCUT2D eigenvalue weighted by Crippen LogP contribution is 2.26. The molecule has 0 aromatic carbocycles. The molecule has 0 atom stereocenters. The van der Waals surface area contributed by atoms with Gasteiger partial charge in [-0.1, -0.05) is 33.1 Å². The third-order valence-electron chi connectivity index (χ3n) is 5.16. The van der Waals surface area contributed by atoms with Crippen LogP contribution in [0.25, 0.3) is 0 Å². The van der Waals surface area contributed by atoms with Gasteiger partial charge in [0.15, 0.2) is 0 Å². The molecule has 1 aliphatic rings. The Morgan fingerprint density at radius 1 is 1.04 bits per heavy atom. The Bertz CT molecular complexity index is 345. The molecule has 1 saturated carbocycles. The summed E-state index contributed by atoms with van der Waals surface area (Å²) in [6.07, 6.45) is 8.27. The number of halogens is 1. The number of amides is 2. The molecule has 5 nitrogen and oxygen atoms in total. The predicted octanol–water partition coefficient (Wildman–Crippen LogP) is 2.38. The highest BCUT2D eigenvalue weighted by Gasteiger charge is 2.32. The fraction of sp³-hybridized carbons (Fsp3) is 0.882. The van der Waals surface area contributed by atoms with Crippen molar-refractivity contribution in [3.8, 4) is 0 Å². The summed E-state index contributed by atoms with van der Waals surface area (Å²) in [7, 11) is 0. The smallest absolute Gasteiger partial charge is 0.227 e. The van der Waals surface area contributed by atoms with Crippen LogP contribution in [-0.2, 0) is 9.59 Å². The molecule has 0 unspecified atom stereocenters. The fourth-order valence-corrected chi connectivity index (χ4v) is 3.24. The summed E-state index contributed by atoms with van der Waals surface area (Å²) in [6.45, 7) is 5.30. The van der Waals surface area contributed by atoms with Gasteiger partial charge in [0.05, 0.1) is 5.41 Å². The minimum Gasteiger partial charge on any atom is -0.354 e. The second-order valence-electron chi connectivity index (χ2n) is 6.51. The van der Waals surface area contributed by atoms with E-state index in [-0.39, 0.29) is 24.2 Å². The maximum Gasteiger partial charge on any atom is 0.227 e. The van der Waals surface area contributed by atoms with Crippen LogP contribution in [0.1, 0.15) is 65.2 Å². The van der Waals surface area contributed by atoms with Crippen molar-refractivity contribution in [1.29, 1.82) is 0 Å². The molecule has 2 amide bonds. The summed E-state index contributed by atoms with van der Waals surface area (Å²) < 4.78 is 0. The molecule has 0 radical (unpaired) electrons. The SMILES string of the molecule is CCC(CC)(CN)C(=O)NCCNC(=O)CC1CCCCC1.Cl. The molecule has 0 aromatic heterocycles. The Morgan fingerprint density at radius 3 is 2.13 bits per heavy atom. The summed E-state index contributed by atoms with van der Waals surface area (Å²) in [5.74, 6) is 0.659. The fourth-order valence-electron chi connectivity index (χ4n) is 3.24. The average molecular weight is 348 g/mol. The molecule has 0 bridgehead atoms. The van der Waals surface area contributed by atoms with Gasteiger partial charge in [0.1, 0.15) is 0 Å². The molecule has 23 heavy (non-hydrogen) atoms. The van der Waals surface area contributed by atoms with Crippen molar-refractivity contribution in [3.63, 3.8) is 0 Å². The van der Waals surface area contributed by atoms with Crippen LogP contribution in [0, 0.1) is 11.3 Å². The molecule has 0 aliphatic heterocycles. The summed E-state index contributed by atoms with van der Waals surface area (Å²) in [6, 6.07) is 0. The lowest BCUT2D eigenvalue weighted by Crippen LogP contribution is -2.47. The van der Waals surface area contributed by atoms with Crippen LogP contribution < -0.4 is 16.4 Å². The van der Waals surface area contributed by atoms with Crippen molar-refractivity contribution in [2.24, 2.45) is 17.1 Å². The van der Waals surface area contributed by atoms with Gasteiger partial charge >= 0.3 is 0 Å². The zero-order valence-corrected chi connectivity index (χ0v) is 15.5. The van der Waals surface area contributed by atoms with Crippen molar-refractivity contribution in [2.45, 2.75) is 65.2 Å². The Hall–Kier alpha value is -0.810. The number of hydrogen-bond acceptors (Lipinski definition) is 3. The number of rotatable bonds is 9. The summed E-state index contributed by atoms with van der Waals surface area (Å²) in [5.41, 5.74) is 5.29. The van der Waals surface area contributed by atoms with Crippen molar-refractivity contribution in [3.05, 3.63) is 0 Å². The molecular formula is C17H34ClN3O2. The van der Waals surface area contributed by atoms with Gasteiger partial charge in [0.25, 0.3) is 0 Å². The topological polar surface area (TPSA) is 84.2 Å². The Labute approximate surface area is 146 Å². The summed E-state index contributed by atoms with van der Waals surface area (Å²) >= 11 is 0. The second kappa shape index (κ2) is 11.7. The molecule has 136 valence electrons. The van der Waals surface area contributed by atoms with Crippen LogP contribution in [0.5, 0.6) is 0 Å². The van der Waals surface area contributed by atoms with Crippen molar-refractivity contribution < 1.29 is 9.59 Å². The first-order chi connectivity index (χ1) is 10.6. The molecule has 4 N–H and O–H groups in total. The predicted molar refractivity (Wildman–Crippen MR) is 96.5 cm³/mol. The Balaban J connectivity index is 0.00000484. The zero-order valence-electron chi connectivity index (χ0n) is 14.7. The van der Waals surface area contributed by atoms with E-state index in [1.165, 1.54) is 32.1 Å². The Morgan fingerprint density at radius 2 is 1.61 bits per heavy atom. The monoisotopic (exact) mass is 347 g/mol. The number of nitrogens with one attached hydrogen (secondary N) is 2. The van der Waals surface area contributed by atoms with Gasteiger partial charge in [0.2, 0.25) is 11.8 Å². The quantitative estimate of drug-likeness (QED) is 0.560. The molecule has 0 spiro atoms. The van der Waals surface area contributed by atoms with Gasteiger partial charge in [0, 0.05) is 26.1 Å². The van der Waals surface area contributed by atoms with Gasteiger partial charge in [-0.25, -0.2) is 0 Å². The number of carbonyl (C=O) groups excluding carboxylic acids is 2. The lowest BCUT2D eigenvalue weighted by Gasteiger charge is -2.28. The first kappa shape index (κ1) is 22.2. The van der Waals surface area contributed by atoms with E-state index < -0.39 is 5.41 Å². The molecular weight excluding hydrogens is 314 g/mol. The number of carbonyl (C=O) groups is 2.